The molecule has 2 nitrogen and oxygen atoms in total. The van der Waals surface area contributed by atoms with E-state index in [-0.39, 0.29) is 0 Å². The van der Waals surface area contributed by atoms with Crippen LogP contribution in [0.4, 0.5) is 8.78 Å². The van der Waals surface area contributed by atoms with Crippen LogP contribution in [0.1, 0.15) is 24.8 Å². The Balaban J connectivity index is 1.89. The van der Waals surface area contributed by atoms with E-state index in [4.69, 9.17) is 4.74 Å². The normalized spacial score (nSPS) is 20.7. The van der Waals surface area contributed by atoms with E-state index in [1.54, 1.807) is 13.2 Å². The number of likely N-dealkylation sites (tertiary alicyclic amines) is 1. The van der Waals surface area contributed by atoms with Crippen molar-refractivity contribution in [3.05, 3.63) is 35.4 Å². The monoisotopic (exact) mass is 269 g/mol. The first-order valence-corrected chi connectivity index (χ1v) is 6.84. The molecule has 1 heterocycles. The topological polar surface area (TPSA) is 12.5 Å². The van der Waals surface area contributed by atoms with E-state index >= 15 is 0 Å². The number of piperidine rings is 1. The summed E-state index contributed by atoms with van der Waals surface area (Å²) in [6.45, 7) is 3.54. The lowest BCUT2D eigenvalue weighted by Crippen LogP contribution is -2.35. The van der Waals surface area contributed by atoms with Gasteiger partial charge < -0.3 is 4.74 Å². The molecule has 1 atom stereocenters. The molecule has 0 bridgehead atoms. The zero-order chi connectivity index (χ0) is 13.7. The van der Waals surface area contributed by atoms with E-state index in [9.17, 15) is 8.78 Å². The number of methoxy groups -OCH3 is 1. The Labute approximate surface area is 113 Å². The smallest absolute Gasteiger partial charge is 0.159 e. The van der Waals surface area contributed by atoms with Crippen LogP contribution in [0.15, 0.2) is 18.2 Å². The van der Waals surface area contributed by atoms with Crippen molar-refractivity contribution in [2.45, 2.75) is 25.8 Å². The van der Waals surface area contributed by atoms with Gasteiger partial charge in [-0.2, -0.15) is 0 Å². The summed E-state index contributed by atoms with van der Waals surface area (Å²) < 4.78 is 31.2. The van der Waals surface area contributed by atoms with Crippen LogP contribution < -0.4 is 0 Å². The van der Waals surface area contributed by atoms with Crippen LogP contribution in [-0.2, 0) is 11.3 Å². The van der Waals surface area contributed by atoms with Crippen molar-refractivity contribution in [2.75, 3.05) is 26.8 Å². The first kappa shape index (κ1) is 14.4. The van der Waals surface area contributed by atoms with E-state index in [1.807, 2.05) is 0 Å². The molecule has 0 amide bonds. The van der Waals surface area contributed by atoms with E-state index in [0.717, 1.165) is 38.1 Å². The summed E-state index contributed by atoms with van der Waals surface area (Å²) in [7, 11) is 1.72. The van der Waals surface area contributed by atoms with Crippen LogP contribution in [0.3, 0.4) is 0 Å². The van der Waals surface area contributed by atoms with Gasteiger partial charge in [-0.05, 0) is 49.4 Å². The van der Waals surface area contributed by atoms with Gasteiger partial charge in [0.1, 0.15) is 0 Å². The Hall–Kier alpha value is -1.00. The minimum atomic E-state index is -0.777. The molecule has 106 valence electrons. The van der Waals surface area contributed by atoms with Crippen LogP contribution in [0.2, 0.25) is 0 Å². The number of ether oxygens (including phenoxy) is 1. The van der Waals surface area contributed by atoms with Gasteiger partial charge in [0.25, 0.3) is 0 Å². The molecule has 1 aliphatic heterocycles. The first-order chi connectivity index (χ1) is 9.19. The molecule has 0 aromatic heterocycles. The van der Waals surface area contributed by atoms with Gasteiger partial charge in [0.15, 0.2) is 11.6 Å². The maximum atomic E-state index is 13.2. The Kier molecular flexibility index (Phi) is 5.28. The molecule has 1 aromatic rings. The van der Waals surface area contributed by atoms with Gasteiger partial charge in [0.05, 0.1) is 0 Å². The fourth-order valence-electron chi connectivity index (χ4n) is 2.71. The third-order valence-corrected chi connectivity index (χ3v) is 3.72. The Morgan fingerprint density at radius 1 is 1.32 bits per heavy atom. The molecule has 1 fully saturated rings. The Bertz CT molecular complexity index is 411. The van der Waals surface area contributed by atoms with E-state index in [2.05, 4.69) is 4.90 Å². The molecular weight excluding hydrogens is 248 g/mol. The number of nitrogens with zero attached hydrogens (tertiary/aromatic N) is 1. The molecular formula is C15H21F2NO. The van der Waals surface area contributed by atoms with Crippen LogP contribution in [-0.4, -0.2) is 31.7 Å². The van der Waals surface area contributed by atoms with Crippen molar-refractivity contribution in [2.24, 2.45) is 5.92 Å². The molecule has 0 unspecified atom stereocenters. The van der Waals surface area contributed by atoms with E-state index in [1.165, 1.54) is 18.6 Å². The van der Waals surface area contributed by atoms with E-state index in [0.29, 0.717) is 12.5 Å². The van der Waals surface area contributed by atoms with Gasteiger partial charge in [-0.3, -0.25) is 4.90 Å². The maximum absolute atomic E-state index is 13.2. The molecule has 19 heavy (non-hydrogen) atoms. The van der Waals surface area contributed by atoms with Gasteiger partial charge in [-0.1, -0.05) is 6.07 Å². The van der Waals surface area contributed by atoms with E-state index < -0.39 is 11.6 Å². The highest BCUT2D eigenvalue weighted by molar-refractivity contribution is 5.17. The number of halogens is 2. The minimum absolute atomic E-state index is 0.652. The highest BCUT2D eigenvalue weighted by Gasteiger charge is 2.19. The SMILES string of the molecule is COCC[C@H]1CCCN(Cc2ccc(F)c(F)c2)C1. The number of hydrogen-bond acceptors (Lipinski definition) is 2. The van der Waals surface area contributed by atoms with Crippen molar-refractivity contribution in [3.8, 4) is 0 Å². The largest absolute Gasteiger partial charge is 0.385 e. The summed E-state index contributed by atoms with van der Waals surface area (Å²) in [5, 5.41) is 0. The molecule has 0 radical (unpaired) electrons. The molecule has 0 aliphatic carbocycles. The molecule has 0 N–H and O–H groups in total. The number of benzene rings is 1. The van der Waals surface area contributed by atoms with Gasteiger partial charge in [0.2, 0.25) is 0 Å². The third kappa shape index (κ3) is 4.25. The zero-order valence-corrected chi connectivity index (χ0v) is 11.4. The molecule has 0 saturated carbocycles. The average molecular weight is 269 g/mol. The summed E-state index contributed by atoms with van der Waals surface area (Å²) in [5.74, 6) is -0.884. The fourth-order valence-corrected chi connectivity index (χ4v) is 2.71. The lowest BCUT2D eigenvalue weighted by Gasteiger charge is -2.32. The predicted octanol–water partition coefficient (Wildman–Crippen LogP) is 3.21. The third-order valence-electron chi connectivity index (χ3n) is 3.72. The van der Waals surface area contributed by atoms with Gasteiger partial charge >= 0.3 is 0 Å². The predicted molar refractivity (Wildman–Crippen MR) is 70.9 cm³/mol. The zero-order valence-electron chi connectivity index (χ0n) is 11.4. The molecule has 0 spiro atoms. The lowest BCUT2D eigenvalue weighted by molar-refractivity contribution is 0.123. The number of hydrogen-bond donors (Lipinski definition) is 0. The summed E-state index contributed by atoms with van der Waals surface area (Å²) in [4.78, 5) is 2.32. The molecule has 1 aromatic carbocycles. The average Bonchev–Trinajstić information content (AvgIpc) is 2.41. The van der Waals surface area contributed by atoms with Gasteiger partial charge in [-0.25, -0.2) is 8.78 Å². The lowest BCUT2D eigenvalue weighted by atomic mass is 9.95. The fraction of sp³-hybridized carbons (Fsp3) is 0.600. The molecule has 4 heteroatoms. The van der Waals surface area contributed by atoms with Crippen molar-refractivity contribution in [1.82, 2.24) is 4.90 Å². The standard InChI is InChI=1S/C15H21F2NO/c1-19-8-6-12-3-2-7-18(10-12)11-13-4-5-14(16)15(17)9-13/h4-5,9,12H,2-3,6-8,10-11H2,1H3/t12-/m1/s1. The summed E-state index contributed by atoms with van der Waals surface area (Å²) in [5.41, 5.74) is 0.839. The Morgan fingerprint density at radius 2 is 2.16 bits per heavy atom. The second-order valence-electron chi connectivity index (χ2n) is 5.27. The maximum Gasteiger partial charge on any atom is 0.159 e. The highest BCUT2D eigenvalue weighted by atomic mass is 19.2. The van der Waals surface area contributed by atoms with Gasteiger partial charge in [-0.15, -0.1) is 0 Å². The van der Waals surface area contributed by atoms with Crippen LogP contribution >= 0.6 is 0 Å². The molecule has 1 aliphatic rings. The van der Waals surface area contributed by atoms with Crippen molar-refractivity contribution >= 4 is 0 Å². The molecule has 1 saturated heterocycles. The highest BCUT2D eigenvalue weighted by Crippen LogP contribution is 2.21. The molecule has 2 rings (SSSR count). The number of rotatable bonds is 5. The van der Waals surface area contributed by atoms with Gasteiger partial charge in [0, 0.05) is 26.8 Å². The second-order valence-corrected chi connectivity index (χ2v) is 5.27. The van der Waals surface area contributed by atoms with Crippen LogP contribution in [0.5, 0.6) is 0 Å². The summed E-state index contributed by atoms with van der Waals surface area (Å²) >= 11 is 0. The first-order valence-electron chi connectivity index (χ1n) is 6.84. The summed E-state index contributed by atoms with van der Waals surface area (Å²) in [6.07, 6.45) is 3.47. The van der Waals surface area contributed by atoms with Crippen LogP contribution in [0, 0.1) is 17.6 Å². The quantitative estimate of drug-likeness (QED) is 0.814. The van der Waals surface area contributed by atoms with Crippen LogP contribution in [0.25, 0.3) is 0 Å². The van der Waals surface area contributed by atoms with Crippen molar-refractivity contribution in [1.29, 1.82) is 0 Å². The summed E-state index contributed by atoms with van der Waals surface area (Å²) in [6, 6.07) is 4.17. The van der Waals surface area contributed by atoms with Crippen molar-refractivity contribution in [3.63, 3.8) is 0 Å². The Morgan fingerprint density at radius 3 is 2.89 bits per heavy atom. The minimum Gasteiger partial charge on any atom is -0.385 e. The second kappa shape index (κ2) is 6.96. The van der Waals surface area contributed by atoms with Crippen molar-refractivity contribution < 1.29 is 13.5 Å².